The van der Waals surface area contributed by atoms with E-state index in [1.807, 2.05) is 18.2 Å². The fraction of sp³-hybridized carbons (Fsp3) is 0.294. The van der Waals surface area contributed by atoms with Gasteiger partial charge in [0.1, 0.15) is 17.8 Å². The Hall–Kier alpha value is -3.16. The highest BCUT2D eigenvalue weighted by Gasteiger charge is 2.36. The predicted molar refractivity (Wildman–Crippen MR) is 87.1 cm³/mol. The largest absolute Gasteiger partial charge is 0.501 e. The van der Waals surface area contributed by atoms with Crippen LogP contribution in [-0.2, 0) is 26.3 Å². The first-order valence-corrected chi connectivity index (χ1v) is 7.40. The van der Waals surface area contributed by atoms with Gasteiger partial charge in [-0.1, -0.05) is 30.3 Å². The second kappa shape index (κ2) is 7.16. The Morgan fingerprint density at radius 1 is 1.24 bits per heavy atom. The van der Waals surface area contributed by atoms with Crippen molar-refractivity contribution in [3.63, 3.8) is 0 Å². The summed E-state index contributed by atoms with van der Waals surface area (Å²) in [5.41, 5.74) is -2.07. The molecule has 2 rings (SSSR count). The number of ether oxygens (including phenoxy) is 2. The topological polar surface area (TPSA) is 119 Å². The van der Waals surface area contributed by atoms with Crippen LogP contribution in [0.15, 0.2) is 35.1 Å². The minimum absolute atomic E-state index is 0.0509. The number of rotatable bonds is 5. The molecule has 1 heterocycles. The number of hydrogen-bond acceptors (Lipinski definition) is 7. The molecule has 0 atom stereocenters. The second-order valence-corrected chi connectivity index (χ2v) is 5.79. The van der Waals surface area contributed by atoms with Crippen molar-refractivity contribution in [3.8, 4) is 5.75 Å². The third-order valence-electron chi connectivity index (χ3n) is 3.59. The lowest BCUT2D eigenvalue weighted by Crippen LogP contribution is -2.35. The number of aromatic nitrogens is 2. The molecule has 0 aliphatic heterocycles. The van der Waals surface area contributed by atoms with Gasteiger partial charge >= 0.3 is 11.9 Å². The number of nitrogens with zero attached hydrogens (tertiary/aromatic N) is 1. The molecule has 2 N–H and O–H groups in total. The number of carbonyl (C=O) groups is 2. The molecular formula is C17H18N2O6. The van der Waals surface area contributed by atoms with E-state index in [0.29, 0.717) is 0 Å². The van der Waals surface area contributed by atoms with Crippen LogP contribution >= 0.6 is 0 Å². The first-order valence-electron chi connectivity index (χ1n) is 7.40. The van der Waals surface area contributed by atoms with E-state index >= 15 is 0 Å². The molecule has 0 saturated heterocycles. The van der Waals surface area contributed by atoms with Crippen molar-refractivity contribution in [2.24, 2.45) is 0 Å². The summed E-state index contributed by atoms with van der Waals surface area (Å²) in [6, 6.07) is 9.08. The van der Waals surface area contributed by atoms with Crippen LogP contribution in [0.2, 0.25) is 0 Å². The Morgan fingerprint density at radius 3 is 2.48 bits per heavy atom. The van der Waals surface area contributed by atoms with E-state index in [0.717, 1.165) is 12.7 Å². The van der Waals surface area contributed by atoms with E-state index in [-0.39, 0.29) is 12.4 Å². The Kier molecular flexibility index (Phi) is 5.21. The average Bonchev–Trinajstić information content (AvgIpc) is 2.61. The van der Waals surface area contributed by atoms with Crippen LogP contribution in [0.4, 0.5) is 0 Å². The van der Waals surface area contributed by atoms with Gasteiger partial charge in [0.05, 0.1) is 7.11 Å². The Labute approximate surface area is 143 Å². The summed E-state index contributed by atoms with van der Waals surface area (Å²) in [7, 11) is 1.09. The molecule has 0 spiro atoms. The van der Waals surface area contributed by atoms with Crippen molar-refractivity contribution in [3.05, 3.63) is 57.8 Å². The molecule has 0 amide bonds. The molecule has 0 fully saturated rings. The van der Waals surface area contributed by atoms with Crippen molar-refractivity contribution in [1.29, 1.82) is 0 Å². The van der Waals surface area contributed by atoms with Gasteiger partial charge in [0, 0.05) is 0 Å². The highest BCUT2D eigenvalue weighted by atomic mass is 16.5. The summed E-state index contributed by atoms with van der Waals surface area (Å²) in [5, 5.41) is 9.66. The summed E-state index contributed by atoms with van der Waals surface area (Å²) >= 11 is 0. The van der Waals surface area contributed by atoms with Gasteiger partial charge in [0.25, 0.3) is 5.56 Å². The molecular weight excluding hydrogens is 328 g/mol. The van der Waals surface area contributed by atoms with Crippen molar-refractivity contribution in [1.82, 2.24) is 9.97 Å². The number of esters is 2. The molecule has 8 heteroatoms. The molecule has 1 aromatic carbocycles. The van der Waals surface area contributed by atoms with Gasteiger partial charge in [0.2, 0.25) is 5.75 Å². The zero-order chi connectivity index (χ0) is 18.6. The third kappa shape index (κ3) is 3.85. The van der Waals surface area contributed by atoms with Crippen LogP contribution in [0.25, 0.3) is 0 Å². The smallest absolute Gasteiger partial charge is 0.360 e. The summed E-state index contributed by atoms with van der Waals surface area (Å²) in [4.78, 5) is 42.0. The number of benzene rings is 1. The van der Waals surface area contributed by atoms with Crippen LogP contribution in [0.5, 0.6) is 5.75 Å². The second-order valence-electron chi connectivity index (χ2n) is 5.79. The number of methoxy groups -OCH3 is 1. The fourth-order valence-electron chi connectivity index (χ4n) is 2.00. The lowest BCUT2D eigenvalue weighted by atomic mass is 9.92. The number of aromatic amines is 1. The molecule has 1 aromatic heterocycles. The molecule has 0 saturated carbocycles. The van der Waals surface area contributed by atoms with Crippen molar-refractivity contribution in [2.75, 3.05) is 7.11 Å². The molecule has 0 aliphatic rings. The van der Waals surface area contributed by atoms with E-state index in [1.165, 1.54) is 13.8 Å². The van der Waals surface area contributed by atoms with Crippen LogP contribution < -0.4 is 5.56 Å². The number of carbonyl (C=O) groups excluding carboxylic acids is 2. The SMILES string of the molecule is COC(=O)c1nc(C(C)(C)C(=O)OCc2ccccc2)[nH]c(=O)c1O. The van der Waals surface area contributed by atoms with E-state index < -0.39 is 34.4 Å². The lowest BCUT2D eigenvalue weighted by Gasteiger charge is -2.22. The first kappa shape index (κ1) is 18.2. The lowest BCUT2D eigenvalue weighted by molar-refractivity contribution is -0.151. The Balaban J connectivity index is 2.29. The van der Waals surface area contributed by atoms with Crippen LogP contribution in [-0.4, -0.2) is 34.1 Å². The number of H-pyrrole nitrogens is 1. The van der Waals surface area contributed by atoms with Crippen molar-refractivity contribution in [2.45, 2.75) is 25.9 Å². The molecule has 0 bridgehead atoms. The highest BCUT2D eigenvalue weighted by molar-refractivity contribution is 5.90. The summed E-state index contributed by atoms with van der Waals surface area (Å²) < 4.78 is 9.74. The number of aromatic hydroxyl groups is 1. The molecule has 2 aromatic rings. The maximum absolute atomic E-state index is 12.4. The molecule has 0 radical (unpaired) electrons. The van der Waals surface area contributed by atoms with Crippen molar-refractivity contribution < 1.29 is 24.2 Å². The Morgan fingerprint density at radius 2 is 1.88 bits per heavy atom. The van der Waals surface area contributed by atoms with Crippen LogP contribution in [0.1, 0.15) is 35.7 Å². The minimum atomic E-state index is -1.36. The summed E-state index contributed by atoms with van der Waals surface area (Å²) in [6.07, 6.45) is 0. The van der Waals surface area contributed by atoms with Crippen molar-refractivity contribution >= 4 is 11.9 Å². The van der Waals surface area contributed by atoms with Crippen LogP contribution in [0.3, 0.4) is 0 Å². The van der Waals surface area contributed by atoms with E-state index in [9.17, 15) is 19.5 Å². The predicted octanol–water partition coefficient (Wildman–Crippen LogP) is 1.28. The average molecular weight is 346 g/mol. The van der Waals surface area contributed by atoms with E-state index in [1.54, 1.807) is 12.1 Å². The van der Waals surface area contributed by atoms with Gasteiger partial charge in [-0.05, 0) is 19.4 Å². The fourth-order valence-corrected chi connectivity index (χ4v) is 2.00. The van der Waals surface area contributed by atoms with Gasteiger partial charge in [-0.25, -0.2) is 9.78 Å². The number of hydrogen-bond donors (Lipinski definition) is 2. The molecule has 0 aliphatic carbocycles. The standard InChI is InChI=1S/C17H18N2O6/c1-17(2,16(23)25-9-10-7-5-4-6-8-10)15-18-11(14(22)24-3)12(20)13(21)19-15/h4-8,20H,9H2,1-3H3,(H,18,19,21). The molecule has 8 nitrogen and oxygen atoms in total. The van der Waals surface area contributed by atoms with Gasteiger partial charge in [-0.3, -0.25) is 9.59 Å². The van der Waals surface area contributed by atoms with Gasteiger partial charge in [-0.15, -0.1) is 0 Å². The third-order valence-corrected chi connectivity index (χ3v) is 3.59. The Bertz CT molecular complexity index is 842. The van der Waals surface area contributed by atoms with E-state index in [2.05, 4.69) is 14.7 Å². The molecule has 0 unspecified atom stereocenters. The molecule has 25 heavy (non-hydrogen) atoms. The quantitative estimate of drug-likeness (QED) is 0.783. The van der Waals surface area contributed by atoms with E-state index in [4.69, 9.17) is 4.74 Å². The zero-order valence-corrected chi connectivity index (χ0v) is 14.0. The molecule has 132 valence electrons. The van der Waals surface area contributed by atoms with Gasteiger partial charge in [0.15, 0.2) is 5.69 Å². The van der Waals surface area contributed by atoms with Gasteiger partial charge < -0.3 is 19.6 Å². The maximum atomic E-state index is 12.4. The monoisotopic (exact) mass is 346 g/mol. The maximum Gasteiger partial charge on any atom is 0.360 e. The minimum Gasteiger partial charge on any atom is -0.501 e. The van der Waals surface area contributed by atoms with Crippen LogP contribution in [0, 0.1) is 0 Å². The van der Waals surface area contributed by atoms with Gasteiger partial charge in [-0.2, -0.15) is 0 Å². The number of nitrogens with one attached hydrogen (secondary N) is 1. The first-order chi connectivity index (χ1) is 11.8. The summed E-state index contributed by atoms with van der Waals surface area (Å²) in [6.45, 7) is 3.02. The zero-order valence-electron chi connectivity index (χ0n) is 14.0. The highest BCUT2D eigenvalue weighted by Crippen LogP contribution is 2.23. The summed E-state index contributed by atoms with van der Waals surface area (Å²) in [5.74, 6) is -2.63. The normalized spacial score (nSPS) is 11.0.